The van der Waals surface area contributed by atoms with Gasteiger partial charge in [-0.2, -0.15) is 0 Å². The molecule has 92 valence electrons. The van der Waals surface area contributed by atoms with Gasteiger partial charge in [0.15, 0.2) is 0 Å². The van der Waals surface area contributed by atoms with E-state index >= 15 is 0 Å². The van der Waals surface area contributed by atoms with Gasteiger partial charge in [0.05, 0.1) is 6.10 Å². The van der Waals surface area contributed by atoms with Crippen LogP contribution in [0.25, 0.3) is 10.8 Å². The summed E-state index contributed by atoms with van der Waals surface area (Å²) in [5.41, 5.74) is 1.90. The summed E-state index contributed by atoms with van der Waals surface area (Å²) >= 11 is 0. The fourth-order valence-electron chi connectivity index (χ4n) is 2.43. The van der Waals surface area contributed by atoms with Crippen LogP contribution < -0.4 is 0 Å². The lowest BCUT2D eigenvalue weighted by atomic mass is 9.98. The normalized spacial score (nSPS) is 15.8. The first kappa shape index (κ1) is 11.2. The second-order valence-corrected chi connectivity index (χ2v) is 4.84. The molecule has 1 saturated heterocycles. The molecule has 0 aromatic heterocycles. The predicted molar refractivity (Wildman–Crippen MR) is 70.6 cm³/mol. The number of likely N-dealkylation sites (tertiary alicyclic amines) is 1. The molecule has 1 heterocycles. The number of aryl methyl sites for hydroxylation is 1. The number of rotatable bonds is 1. The maximum atomic E-state index is 12.3. The third kappa shape index (κ3) is 1.68. The van der Waals surface area contributed by atoms with Crippen LogP contribution in [0.2, 0.25) is 0 Å². The van der Waals surface area contributed by atoms with Gasteiger partial charge < -0.3 is 10.0 Å². The second-order valence-electron chi connectivity index (χ2n) is 4.84. The topological polar surface area (TPSA) is 40.5 Å². The summed E-state index contributed by atoms with van der Waals surface area (Å²) in [5, 5.41) is 11.4. The van der Waals surface area contributed by atoms with Gasteiger partial charge in [-0.25, -0.2) is 0 Å². The Bertz CT molecular complexity index is 615. The molecule has 18 heavy (non-hydrogen) atoms. The van der Waals surface area contributed by atoms with E-state index in [1.165, 1.54) is 5.56 Å². The van der Waals surface area contributed by atoms with Crippen LogP contribution in [-0.4, -0.2) is 35.1 Å². The van der Waals surface area contributed by atoms with Gasteiger partial charge in [0.1, 0.15) is 0 Å². The molecule has 0 atom stereocenters. The lowest BCUT2D eigenvalue weighted by Gasteiger charge is -2.36. The zero-order valence-electron chi connectivity index (χ0n) is 10.3. The summed E-state index contributed by atoms with van der Waals surface area (Å²) in [7, 11) is 0. The van der Waals surface area contributed by atoms with Gasteiger partial charge in [-0.1, -0.05) is 30.3 Å². The van der Waals surface area contributed by atoms with Crippen LogP contribution in [0.1, 0.15) is 15.9 Å². The zero-order valence-corrected chi connectivity index (χ0v) is 10.3. The predicted octanol–water partition coefficient (Wildman–Crippen LogP) is 1.96. The van der Waals surface area contributed by atoms with Crippen LogP contribution >= 0.6 is 0 Å². The molecule has 1 aliphatic rings. The molecular weight excluding hydrogens is 226 g/mol. The molecule has 0 radical (unpaired) electrons. The van der Waals surface area contributed by atoms with Crippen molar-refractivity contribution in [3.05, 3.63) is 47.5 Å². The van der Waals surface area contributed by atoms with Crippen LogP contribution in [-0.2, 0) is 0 Å². The van der Waals surface area contributed by atoms with E-state index in [9.17, 15) is 9.90 Å². The standard InChI is InChI=1S/C15H15NO2/c1-10-6-7-14(13-5-3-2-4-12(10)13)15(18)16-8-11(17)9-16/h2-7,11,17H,8-9H2,1H3. The molecule has 2 aromatic rings. The van der Waals surface area contributed by atoms with Gasteiger partial charge in [-0.05, 0) is 29.3 Å². The van der Waals surface area contributed by atoms with Crippen molar-refractivity contribution in [2.45, 2.75) is 13.0 Å². The summed E-state index contributed by atoms with van der Waals surface area (Å²) in [4.78, 5) is 14.0. The average molecular weight is 241 g/mol. The molecule has 0 spiro atoms. The van der Waals surface area contributed by atoms with Gasteiger partial charge in [0.2, 0.25) is 0 Å². The second kappa shape index (κ2) is 4.10. The number of fused-ring (bicyclic) bond motifs is 1. The first-order valence-corrected chi connectivity index (χ1v) is 6.12. The number of hydrogen-bond donors (Lipinski definition) is 1. The highest BCUT2D eigenvalue weighted by atomic mass is 16.3. The summed E-state index contributed by atoms with van der Waals surface area (Å²) in [6.07, 6.45) is -0.356. The molecule has 3 rings (SSSR count). The van der Waals surface area contributed by atoms with Crippen LogP contribution in [0.5, 0.6) is 0 Å². The fourth-order valence-corrected chi connectivity index (χ4v) is 2.43. The first-order valence-electron chi connectivity index (χ1n) is 6.12. The van der Waals surface area contributed by atoms with Crippen LogP contribution in [0.4, 0.5) is 0 Å². The number of aliphatic hydroxyl groups excluding tert-OH is 1. The molecule has 0 saturated carbocycles. The first-order chi connectivity index (χ1) is 8.66. The Morgan fingerprint density at radius 2 is 1.83 bits per heavy atom. The monoisotopic (exact) mass is 241 g/mol. The van der Waals surface area contributed by atoms with Crippen molar-refractivity contribution in [2.75, 3.05) is 13.1 Å². The highest BCUT2D eigenvalue weighted by molar-refractivity contribution is 6.08. The van der Waals surface area contributed by atoms with E-state index in [4.69, 9.17) is 0 Å². The molecule has 2 aromatic carbocycles. The number of aliphatic hydroxyl groups is 1. The summed E-state index contributed by atoms with van der Waals surface area (Å²) < 4.78 is 0. The molecule has 1 N–H and O–H groups in total. The van der Waals surface area contributed by atoms with E-state index in [-0.39, 0.29) is 12.0 Å². The maximum Gasteiger partial charge on any atom is 0.254 e. The highest BCUT2D eigenvalue weighted by Crippen LogP contribution is 2.24. The van der Waals surface area contributed by atoms with Crippen molar-refractivity contribution in [2.24, 2.45) is 0 Å². The Morgan fingerprint density at radius 1 is 1.17 bits per heavy atom. The number of nitrogens with zero attached hydrogens (tertiary/aromatic N) is 1. The van der Waals surface area contributed by atoms with Crippen LogP contribution in [0.15, 0.2) is 36.4 Å². The zero-order chi connectivity index (χ0) is 12.7. The van der Waals surface area contributed by atoms with Crippen molar-refractivity contribution in [3.63, 3.8) is 0 Å². The molecular formula is C15H15NO2. The third-order valence-corrected chi connectivity index (χ3v) is 3.52. The lowest BCUT2D eigenvalue weighted by molar-refractivity contribution is 0.00603. The maximum absolute atomic E-state index is 12.3. The molecule has 3 heteroatoms. The smallest absolute Gasteiger partial charge is 0.254 e. The molecule has 1 fully saturated rings. The highest BCUT2D eigenvalue weighted by Gasteiger charge is 2.30. The summed E-state index contributed by atoms with van der Waals surface area (Å²) in [6, 6.07) is 11.8. The van der Waals surface area contributed by atoms with E-state index in [1.54, 1.807) is 4.90 Å². The minimum Gasteiger partial charge on any atom is -0.389 e. The summed E-state index contributed by atoms with van der Waals surface area (Å²) in [5.74, 6) is 0.0106. The molecule has 3 nitrogen and oxygen atoms in total. The third-order valence-electron chi connectivity index (χ3n) is 3.52. The number of benzene rings is 2. The Morgan fingerprint density at radius 3 is 2.50 bits per heavy atom. The van der Waals surface area contributed by atoms with Gasteiger partial charge in [-0.3, -0.25) is 4.79 Å². The van der Waals surface area contributed by atoms with Crippen molar-refractivity contribution in [3.8, 4) is 0 Å². The van der Waals surface area contributed by atoms with Crippen molar-refractivity contribution >= 4 is 16.7 Å². The summed E-state index contributed by atoms with van der Waals surface area (Å²) in [6.45, 7) is 2.94. The van der Waals surface area contributed by atoms with Crippen molar-refractivity contribution in [1.82, 2.24) is 4.90 Å². The Kier molecular flexibility index (Phi) is 2.56. The molecule has 0 aliphatic carbocycles. The Balaban J connectivity index is 2.07. The number of carbonyl (C=O) groups excluding carboxylic acids is 1. The van der Waals surface area contributed by atoms with E-state index in [0.717, 1.165) is 16.3 Å². The van der Waals surface area contributed by atoms with Gasteiger partial charge in [0.25, 0.3) is 5.91 Å². The molecule has 0 bridgehead atoms. The number of hydrogen-bond acceptors (Lipinski definition) is 2. The molecule has 1 amide bonds. The largest absolute Gasteiger partial charge is 0.389 e. The fraction of sp³-hybridized carbons (Fsp3) is 0.267. The quantitative estimate of drug-likeness (QED) is 0.829. The van der Waals surface area contributed by atoms with E-state index in [0.29, 0.717) is 13.1 Å². The van der Waals surface area contributed by atoms with E-state index in [2.05, 4.69) is 0 Å². The SMILES string of the molecule is Cc1ccc(C(=O)N2CC(O)C2)c2ccccc12. The number of β-amino-alcohol motifs (C(OH)–C–C–N with tert-alkyl or cyclic N) is 1. The van der Waals surface area contributed by atoms with Gasteiger partial charge in [0, 0.05) is 18.7 Å². The minimum absolute atomic E-state index is 0.0106. The van der Waals surface area contributed by atoms with E-state index < -0.39 is 0 Å². The Labute approximate surface area is 106 Å². The van der Waals surface area contributed by atoms with Crippen molar-refractivity contribution in [1.29, 1.82) is 0 Å². The van der Waals surface area contributed by atoms with Crippen LogP contribution in [0.3, 0.4) is 0 Å². The van der Waals surface area contributed by atoms with E-state index in [1.807, 2.05) is 43.3 Å². The van der Waals surface area contributed by atoms with Crippen molar-refractivity contribution < 1.29 is 9.90 Å². The number of amides is 1. The van der Waals surface area contributed by atoms with Gasteiger partial charge >= 0.3 is 0 Å². The molecule has 0 unspecified atom stereocenters. The number of carbonyl (C=O) groups is 1. The van der Waals surface area contributed by atoms with Crippen LogP contribution in [0, 0.1) is 6.92 Å². The van der Waals surface area contributed by atoms with Gasteiger partial charge in [-0.15, -0.1) is 0 Å². The lowest BCUT2D eigenvalue weighted by Crippen LogP contribution is -2.53. The Hall–Kier alpha value is -1.87. The minimum atomic E-state index is -0.356. The average Bonchev–Trinajstić information content (AvgIpc) is 2.35. The molecule has 1 aliphatic heterocycles.